The molecule has 96 valence electrons. The Morgan fingerprint density at radius 3 is 2.59 bits per heavy atom. The summed E-state index contributed by atoms with van der Waals surface area (Å²) in [7, 11) is 0. The Balaban J connectivity index is 2.94. The first-order valence-corrected chi connectivity index (χ1v) is 6.16. The van der Waals surface area contributed by atoms with Crippen LogP contribution in [0.2, 0.25) is 0 Å². The van der Waals surface area contributed by atoms with Gasteiger partial charge in [0, 0.05) is 12.1 Å². The smallest absolute Gasteiger partial charge is 0.125 e. The van der Waals surface area contributed by atoms with Crippen LogP contribution >= 0.6 is 0 Å². The Hall–Kier alpha value is -1.06. The van der Waals surface area contributed by atoms with Crippen molar-refractivity contribution >= 4 is 0 Å². The molecule has 3 heteroatoms. The molecule has 0 bridgehead atoms. The van der Waals surface area contributed by atoms with Crippen LogP contribution in [0.15, 0.2) is 24.3 Å². The third-order valence-electron chi connectivity index (χ3n) is 2.55. The topological polar surface area (TPSA) is 41.5 Å². The van der Waals surface area contributed by atoms with Crippen LogP contribution in [0.25, 0.3) is 0 Å². The van der Waals surface area contributed by atoms with E-state index in [0.717, 1.165) is 17.9 Å². The number of ether oxygens (including phenoxy) is 1. The van der Waals surface area contributed by atoms with Gasteiger partial charge in [0.1, 0.15) is 11.4 Å². The second-order valence-corrected chi connectivity index (χ2v) is 4.72. The van der Waals surface area contributed by atoms with Crippen molar-refractivity contribution in [3.63, 3.8) is 0 Å². The Labute approximate surface area is 104 Å². The van der Waals surface area contributed by atoms with Crippen molar-refractivity contribution in [2.24, 2.45) is 0 Å². The van der Waals surface area contributed by atoms with Gasteiger partial charge in [-0.3, -0.25) is 0 Å². The van der Waals surface area contributed by atoms with Crippen LogP contribution < -0.4 is 10.1 Å². The zero-order valence-corrected chi connectivity index (χ0v) is 11.2. The van der Waals surface area contributed by atoms with Crippen molar-refractivity contribution in [2.75, 3.05) is 13.1 Å². The molecule has 0 saturated carbocycles. The summed E-state index contributed by atoms with van der Waals surface area (Å²) in [5, 5.41) is 13.6. The number of hydrogen-bond donors (Lipinski definition) is 2. The van der Waals surface area contributed by atoms with Crippen molar-refractivity contribution in [3.05, 3.63) is 29.8 Å². The van der Waals surface area contributed by atoms with E-state index in [4.69, 9.17) is 4.74 Å². The van der Waals surface area contributed by atoms with E-state index in [0.29, 0.717) is 6.54 Å². The Morgan fingerprint density at radius 2 is 2.00 bits per heavy atom. The number of benzene rings is 1. The molecule has 2 N–H and O–H groups in total. The van der Waals surface area contributed by atoms with Crippen molar-refractivity contribution in [1.82, 2.24) is 5.32 Å². The fraction of sp³-hybridized carbons (Fsp3) is 0.571. The third kappa shape index (κ3) is 4.02. The average Bonchev–Trinajstić information content (AvgIpc) is 2.26. The standard InChI is InChI=1S/C14H23NO2/c1-5-15-10-14(4,16)12-8-6-7-9-13(12)17-11(2)3/h6-9,11,15-16H,5,10H2,1-4H3. The maximum Gasteiger partial charge on any atom is 0.125 e. The van der Waals surface area contributed by atoms with Gasteiger partial charge in [-0.1, -0.05) is 25.1 Å². The molecule has 1 rings (SSSR count). The van der Waals surface area contributed by atoms with Gasteiger partial charge in [-0.25, -0.2) is 0 Å². The van der Waals surface area contributed by atoms with E-state index in [2.05, 4.69) is 5.32 Å². The van der Waals surface area contributed by atoms with Gasteiger partial charge >= 0.3 is 0 Å². The molecule has 0 amide bonds. The van der Waals surface area contributed by atoms with Crippen LogP contribution in [-0.4, -0.2) is 24.3 Å². The van der Waals surface area contributed by atoms with E-state index in [-0.39, 0.29) is 6.10 Å². The molecule has 0 aliphatic heterocycles. The van der Waals surface area contributed by atoms with Crippen molar-refractivity contribution in [3.8, 4) is 5.75 Å². The lowest BCUT2D eigenvalue weighted by molar-refractivity contribution is 0.0530. The molecule has 1 aromatic rings. The maximum atomic E-state index is 10.5. The van der Waals surface area contributed by atoms with E-state index in [1.54, 1.807) is 6.92 Å². The molecule has 0 fully saturated rings. The number of para-hydroxylation sites is 1. The summed E-state index contributed by atoms with van der Waals surface area (Å²) in [4.78, 5) is 0. The summed E-state index contributed by atoms with van der Waals surface area (Å²) in [5.74, 6) is 0.755. The summed E-state index contributed by atoms with van der Waals surface area (Å²) in [5.41, 5.74) is -0.0868. The molecule has 0 aliphatic rings. The number of likely N-dealkylation sites (N-methyl/N-ethyl adjacent to an activating group) is 1. The van der Waals surface area contributed by atoms with Crippen LogP contribution in [0.4, 0.5) is 0 Å². The third-order valence-corrected chi connectivity index (χ3v) is 2.55. The molecular formula is C14H23NO2. The molecule has 0 heterocycles. The molecule has 0 aliphatic carbocycles. The minimum atomic E-state index is -0.915. The predicted octanol–water partition coefficient (Wildman–Crippen LogP) is 2.29. The van der Waals surface area contributed by atoms with Gasteiger partial charge in [-0.2, -0.15) is 0 Å². The zero-order valence-electron chi connectivity index (χ0n) is 11.2. The molecule has 0 spiro atoms. The molecule has 3 nitrogen and oxygen atoms in total. The predicted molar refractivity (Wildman–Crippen MR) is 70.3 cm³/mol. The maximum absolute atomic E-state index is 10.5. The van der Waals surface area contributed by atoms with Crippen LogP contribution in [0.3, 0.4) is 0 Å². The largest absolute Gasteiger partial charge is 0.491 e. The monoisotopic (exact) mass is 237 g/mol. The van der Waals surface area contributed by atoms with Crippen molar-refractivity contribution in [2.45, 2.75) is 39.4 Å². The van der Waals surface area contributed by atoms with Crippen LogP contribution in [0.5, 0.6) is 5.75 Å². The molecule has 0 saturated heterocycles. The zero-order chi connectivity index (χ0) is 12.9. The minimum Gasteiger partial charge on any atom is -0.491 e. The quantitative estimate of drug-likeness (QED) is 0.797. The van der Waals surface area contributed by atoms with E-state index < -0.39 is 5.60 Å². The van der Waals surface area contributed by atoms with Crippen molar-refractivity contribution in [1.29, 1.82) is 0 Å². The van der Waals surface area contributed by atoms with Crippen LogP contribution in [-0.2, 0) is 5.60 Å². The van der Waals surface area contributed by atoms with Gasteiger partial charge in [-0.05, 0) is 33.4 Å². The van der Waals surface area contributed by atoms with E-state index in [1.807, 2.05) is 45.0 Å². The van der Waals surface area contributed by atoms with Gasteiger partial charge < -0.3 is 15.2 Å². The number of nitrogens with one attached hydrogen (secondary N) is 1. The van der Waals surface area contributed by atoms with Gasteiger partial charge in [0.15, 0.2) is 0 Å². The second kappa shape index (κ2) is 6.03. The Kier molecular flexibility index (Phi) is 4.97. The van der Waals surface area contributed by atoms with E-state index in [1.165, 1.54) is 0 Å². The molecular weight excluding hydrogens is 214 g/mol. The lowest BCUT2D eigenvalue weighted by atomic mass is 9.95. The summed E-state index contributed by atoms with van der Waals surface area (Å²) in [6.07, 6.45) is 0.103. The van der Waals surface area contributed by atoms with Crippen LogP contribution in [0.1, 0.15) is 33.3 Å². The van der Waals surface area contributed by atoms with Gasteiger partial charge in [-0.15, -0.1) is 0 Å². The van der Waals surface area contributed by atoms with Gasteiger partial charge in [0.05, 0.1) is 6.10 Å². The first kappa shape index (κ1) is 14.0. The first-order valence-electron chi connectivity index (χ1n) is 6.16. The van der Waals surface area contributed by atoms with E-state index in [9.17, 15) is 5.11 Å². The highest BCUT2D eigenvalue weighted by atomic mass is 16.5. The molecule has 1 aromatic carbocycles. The fourth-order valence-electron chi connectivity index (χ4n) is 1.73. The average molecular weight is 237 g/mol. The molecule has 17 heavy (non-hydrogen) atoms. The van der Waals surface area contributed by atoms with Gasteiger partial charge in [0.2, 0.25) is 0 Å². The normalized spacial score (nSPS) is 14.7. The van der Waals surface area contributed by atoms with E-state index >= 15 is 0 Å². The fourth-order valence-corrected chi connectivity index (χ4v) is 1.73. The van der Waals surface area contributed by atoms with Crippen molar-refractivity contribution < 1.29 is 9.84 Å². The summed E-state index contributed by atoms with van der Waals surface area (Å²) >= 11 is 0. The summed E-state index contributed by atoms with van der Waals surface area (Å²) in [6, 6.07) is 7.65. The SMILES string of the molecule is CCNCC(C)(O)c1ccccc1OC(C)C. The molecule has 1 unspecified atom stereocenters. The summed E-state index contributed by atoms with van der Waals surface area (Å²) < 4.78 is 5.72. The highest BCUT2D eigenvalue weighted by Gasteiger charge is 2.26. The molecule has 1 atom stereocenters. The van der Waals surface area contributed by atoms with Crippen LogP contribution in [0, 0.1) is 0 Å². The highest BCUT2D eigenvalue weighted by Crippen LogP contribution is 2.29. The number of aliphatic hydroxyl groups is 1. The lowest BCUT2D eigenvalue weighted by Crippen LogP contribution is -2.35. The van der Waals surface area contributed by atoms with Gasteiger partial charge in [0.25, 0.3) is 0 Å². The molecule has 0 aromatic heterocycles. The second-order valence-electron chi connectivity index (χ2n) is 4.72. The Morgan fingerprint density at radius 1 is 1.35 bits per heavy atom. The first-order chi connectivity index (χ1) is 7.97. The molecule has 0 radical (unpaired) electrons. The summed E-state index contributed by atoms with van der Waals surface area (Å²) in [6.45, 7) is 9.14. The highest BCUT2D eigenvalue weighted by molar-refractivity contribution is 5.38. The lowest BCUT2D eigenvalue weighted by Gasteiger charge is -2.27. The minimum absolute atomic E-state index is 0.103. The Bertz CT molecular complexity index is 348. The number of rotatable bonds is 6. The number of hydrogen-bond acceptors (Lipinski definition) is 3.